The van der Waals surface area contributed by atoms with Gasteiger partial charge in [-0.05, 0) is 48.5 Å². The first-order chi connectivity index (χ1) is 8.95. The van der Waals surface area contributed by atoms with Crippen LogP contribution in [0, 0.1) is 0 Å². The van der Waals surface area contributed by atoms with Crippen molar-refractivity contribution in [1.82, 2.24) is 0 Å². The van der Waals surface area contributed by atoms with Crippen molar-refractivity contribution in [2.24, 2.45) is 10.2 Å². The van der Waals surface area contributed by atoms with Crippen molar-refractivity contribution in [1.29, 1.82) is 0 Å². The van der Waals surface area contributed by atoms with Crippen molar-refractivity contribution < 1.29 is 18.1 Å². The third kappa shape index (κ3) is 3.60. The van der Waals surface area contributed by atoms with E-state index in [9.17, 15) is 13.0 Å². The monoisotopic (exact) mass is 277 g/mol. The molecule has 0 aromatic heterocycles. The van der Waals surface area contributed by atoms with E-state index in [1.54, 1.807) is 12.1 Å². The van der Waals surface area contributed by atoms with E-state index in [4.69, 9.17) is 5.11 Å². The first-order valence-electron chi connectivity index (χ1n) is 5.22. The van der Waals surface area contributed by atoms with Crippen LogP contribution < -0.4 is 0 Å². The third-order valence-corrected chi connectivity index (χ3v) is 3.11. The van der Waals surface area contributed by atoms with Gasteiger partial charge in [0.15, 0.2) is 0 Å². The summed E-state index contributed by atoms with van der Waals surface area (Å²) < 4.78 is 32.2. The topological polar surface area (TPSA) is 102 Å². The molecule has 0 aliphatic carbocycles. The molecule has 7 heteroatoms. The number of phenols is 1. The molecular formula is C12H9N2O4S-. The van der Waals surface area contributed by atoms with Gasteiger partial charge in [0.2, 0.25) is 0 Å². The highest BCUT2D eigenvalue weighted by atomic mass is 32.2. The smallest absolute Gasteiger partial charge is 0.124 e. The van der Waals surface area contributed by atoms with Crippen LogP contribution in [0.3, 0.4) is 0 Å². The van der Waals surface area contributed by atoms with Crippen LogP contribution in [0.5, 0.6) is 5.75 Å². The van der Waals surface area contributed by atoms with Crippen molar-refractivity contribution in [3.05, 3.63) is 48.5 Å². The zero-order chi connectivity index (χ0) is 13.9. The maximum absolute atomic E-state index is 10.7. The SMILES string of the molecule is O=S(=O)([O-])c1ccc(N=Nc2ccc(O)cc2)cc1. The summed E-state index contributed by atoms with van der Waals surface area (Å²) in [4.78, 5) is -0.309. The molecule has 0 spiro atoms. The molecule has 0 atom stereocenters. The lowest BCUT2D eigenvalue weighted by molar-refractivity contribution is 0.463. The Morgan fingerprint density at radius 1 is 0.842 bits per heavy atom. The average Bonchev–Trinajstić information content (AvgIpc) is 2.37. The van der Waals surface area contributed by atoms with E-state index in [0.717, 1.165) is 0 Å². The Balaban J connectivity index is 2.18. The Bertz CT molecular complexity index is 692. The molecule has 19 heavy (non-hydrogen) atoms. The average molecular weight is 277 g/mol. The van der Waals surface area contributed by atoms with Gasteiger partial charge in [0.05, 0.1) is 16.3 Å². The maximum atomic E-state index is 10.7. The number of azo groups is 1. The van der Waals surface area contributed by atoms with E-state index in [-0.39, 0.29) is 10.6 Å². The molecule has 98 valence electrons. The van der Waals surface area contributed by atoms with Crippen LogP contribution in [0.15, 0.2) is 63.7 Å². The Morgan fingerprint density at radius 3 is 1.68 bits per heavy atom. The summed E-state index contributed by atoms with van der Waals surface area (Å²) in [6.07, 6.45) is 0. The minimum Gasteiger partial charge on any atom is -0.744 e. The van der Waals surface area contributed by atoms with Gasteiger partial charge in [-0.2, -0.15) is 10.2 Å². The zero-order valence-corrected chi connectivity index (χ0v) is 10.4. The van der Waals surface area contributed by atoms with Crippen LogP contribution in [0.1, 0.15) is 0 Å². The van der Waals surface area contributed by atoms with E-state index < -0.39 is 10.1 Å². The van der Waals surface area contributed by atoms with Gasteiger partial charge in [-0.3, -0.25) is 0 Å². The first kappa shape index (κ1) is 13.2. The molecule has 0 saturated carbocycles. The molecule has 1 N–H and O–H groups in total. The molecule has 0 amide bonds. The van der Waals surface area contributed by atoms with Gasteiger partial charge >= 0.3 is 0 Å². The number of hydrogen-bond donors (Lipinski definition) is 1. The van der Waals surface area contributed by atoms with Gasteiger partial charge < -0.3 is 9.66 Å². The fourth-order valence-corrected chi connectivity index (χ4v) is 1.78. The Hall–Kier alpha value is -2.25. The van der Waals surface area contributed by atoms with E-state index in [1.807, 2.05) is 0 Å². The standard InChI is InChI=1S/C12H10N2O4S/c15-11-5-1-9(2-6-11)13-14-10-3-7-12(8-4-10)19(16,17)18/h1-8,15H,(H,16,17,18)/p-1. The molecule has 0 bridgehead atoms. The molecule has 0 saturated heterocycles. The largest absolute Gasteiger partial charge is 0.744 e. The van der Waals surface area contributed by atoms with Gasteiger partial charge in [0.1, 0.15) is 15.9 Å². The third-order valence-electron chi connectivity index (χ3n) is 2.26. The molecule has 0 aliphatic heterocycles. The molecule has 2 aromatic carbocycles. The summed E-state index contributed by atoms with van der Waals surface area (Å²) in [6, 6.07) is 11.2. The van der Waals surface area contributed by atoms with Gasteiger partial charge in [0.25, 0.3) is 0 Å². The molecule has 6 nitrogen and oxygen atoms in total. The normalized spacial score (nSPS) is 11.8. The van der Waals surface area contributed by atoms with Gasteiger partial charge in [-0.1, -0.05) is 0 Å². The lowest BCUT2D eigenvalue weighted by Crippen LogP contribution is -1.97. The highest BCUT2D eigenvalue weighted by molar-refractivity contribution is 7.85. The zero-order valence-electron chi connectivity index (χ0n) is 9.59. The summed E-state index contributed by atoms with van der Waals surface area (Å²) in [7, 11) is -4.44. The molecular weight excluding hydrogens is 268 g/mol. The highest BCUT2D eigenvalue weighted by Gasteiger charge is 2.00. The Morgan fingerprint density at radius 2 is 1.26 bits per heavy atom. The number of rotatable bonds is 3. The summed E-state index contributed by atoms with van der Waals surface area (Å²) in [5, 5.41) is 16.9. The lowest BCUT2D eigenvalue weighted by Gasteiger charge is -2.05. The van der Waals surface area contributed by atoms with Crippen LogP contribution in [-0.4, -0.2) is 18.1 Å². The predicted octanol–water partition coefficient (Wildman–Crippen LogP) is 2.71. The highest BCUT2D eigenvalue weighted by Crippen LogP contribution is 2.21. The molecule has 2 aromatic rings. The van der Waals surface area contributed by atoms with E-state index in [1.165, 1.54) is 36.4 Å². The Kier molecular flexibility index (Phi) is 3.59. The van der Waals surface area contributed by atoms with Crippen LogP contribution in [0.4, 0.5) is 11.4 Å². The molecule has 0 radical (unpaired) electrons. The molecule has 0 unspecified atom stereocenters. The molecule has 0 aliphatic rings. The number of phenolic OH excluding ortho intramolecular Hbond substituents is 1. The first-order valence-corrected chi connectivity index (χ1v) is 6.63. The van der Waals surface area contributed by atoms with Crippen molar-refractivity contribution in [2.75, 3.05) is 0 Å². The number of aromatic hydroxyl groups is 1. The van der Waals surface area contributed by atoms with Gasteiger partial charge in [0, 0.05) is 0 Å². The summed E-state index contributed by atoms with van der Waals surface area (Å²) in [5.74, 6) is 0.129. The quantitative estimate of drug-likeness (QED) is 0.688. The number of hydrogen-bond acceptors (Lipinski definition) is 6. The minimum atomic E-state index is -4.44. The summed E-state index contributed by atoms with van der Waals surface area (Å²) in [6.45, 7) is 0. The van der Waals surface area contributed by atoms with Crippen LogP contribution >= 0.6 is 0 Å². The van der Waals surface area contributed by atoms with Crippen molar-refractivity contribution in [2.45, 2.75) is 4.90 Å². The number of benzene rings is 2. The molecule has 2 rings (SSSR count). The van der Waals surface area contributed by atoms with Crippen LogP contribution in [0.25, 0.3) is 0 Å². The lowest BCUT2D eigenvalue weighted by atomic mass is 10.3. The van der Waals surface area contributed by atoms with E-state index in [0.29, 0.717) is 11.4 Å². The fraction of sp³-hybridized carbons (Fsp3) is 0. The van der Waals surface area contributed by atoms with Gasteiger partial charge in [-0.15, -0.1) is 0 Å². The van der Waals surface area contributed by atoms with Gasteiger partial charge in [-0.25, -0.2) is 8.42 Å². The summed E-state index contributed by atoms with van der Waals surface area (Å²) >= 11 is 0. The minimum absolute atomic E-state index is 0.129. The second-order valence-electron chi connectivity index (χ2n) is 3.66. The van der Waals surface area contributed by atoms with Crippen LogP contribution in [-0.2, 0) is 10.1 Å². The van der Waals surface area contributed by atoms with E-state index in [2.05, 4.69) is 10.2 Å². The van der Waals surface area contributed by atoms with Crippen molar-refractivity contribution in [3.8, 4) is 5.75 Å². The van der Waals surface area contributed by atoms with Crippen molar-refractivity contribution in [3.63, 3.8) is 0 Å². The molecule has 0 heterocycles. The second-order valence-corrected chi connectivity index (χ2v) is 5.04. The Labute approximate surface area is 109 Å². The second kappa shape index (κ2) is 5.17. The fourth-order valence-electron chi connectivity index (χ4n) is 1.31. The van der Waals surface area contributed by atoms with E-state index >= 15 is 0 Å². The predicted molar refractivity (Wildman–Crippen MR) is 66.7 cm³/mol. The summed E-state index contributed by atoms with van der Waals surface area (Å²) in [5.41, 5.74) is 0.957. The van der Waals surface area contributed by atoms with Crippen molar-refractivity contribution >= 4 is 21.5 Å². The molecule has 0 fully saturated rings. The van der Waals surface area contributed by atoms with Crippen LogP contribution in [0.2, 0.25) is 0 Å². The number of nitrogens with zero attached hydrogens (tertiary/aromatic N) is 2. The maximum Gasteiger partial charge on any atom is 0.124 e.